The molecule has 0 aliphatic rings. The number of halogens is 1. The average Bonchev–Trinajstić information content (AvgIpc) is 2.54. The van der Waals surface area contributed by atoms with Gasteiger partial charge in [0.15, 0.2) is 11.6 Å². The summed E-state index contributed by atoms with van der Waals surface area (Å²) in [5.74, 6) is -1.04. The van der Waals surface area contributed by atoms with Gasteiger partial charge in [0.2, 0.25) is 5.91 Å². The average molecular weight is 317 g/mol. The van der Waals surface area contributed by atoms with Crippen LogP contribution in [0.15, 0.2) is 42.6 Å². The predicted molar refractivity (Wildman–Crippen MR) is 82.5 cm³/mol. The molecular weight excluding hydrogens is 301 g/mol. The first kappa shape index (κ1) is 16.4. The highest BCUT2D eigenvalue weighted by molar-refractivity contribution is 5.94. The first-order valence-corrected chi connectivity index (χ1v) is 7.04. The standard InChI is InChI=1S/C16H16FN3O3/c17-12-7-5-11(6-8-12)16(23)19-10-2-4-14(22)20-15-13(21)3-1-9-18-15/h1,3,5-9,21H,2,4,10H2,(H,19,23)(H,18,20,22). The highest BCUT2D eigenvalue weighted by Gasteiger charge is 2.08. The SMILES string of the molecule is O=C(CCCNC(=O)c1ccc(F)cc1)Nc1ncccc1O. The Morgan fingerprint density at radius 3 is 2.61 bits per heavy atom. The van der Waals surface area contributed by atoms with Crippen molar-refractivity contribution in [1.82, 2.24) is 10.3 Å². The van der Waals surface area contributed by atoms with Crippen molar-refractivity contribution in [2.45, 2.75) is 12.8 Å². The summed E-state index contributed by atoms with van der Waals surface area (Å²) in [4.78, 5) is 27.3. The number of aromatic nitrogens is 1. The van der Waals surface area contributed by atoms with Crippen molar-refractivity contribution in [3.63, 3.8) is 0 Å². The molecule has 1 aromatic carbocycles. The van der Waals surface area contributed by atoms with Crippen LogP contribution in [0.5, 0.6) is 5.75 Å². The van der Waals surface area contributed by atoms with Crippen molar-refractivity contribution >= 4 is 17.6 Å². The van der Waals surface area contributed by atoms with Crippen LogP contribution in [0.25, 0.3) is 0 Å². The number of anilines is 1. The Morgan fingerprint density at radius 2 is 1.91 bits per heavy atom. The van der Waals surface area contributed by atoms with Crippen molar-refractivity contribution in [2.24, 2.45) is 0 Å². The number of hydrogen-bond donors (Lipinski definition) is 3. The van der Waals surface area contributed by atoms with Crippen LogP contribution in [-0.2, 0) is 4.79 Å². The summed E-state index contributed by atoms with van der Waals surface area (Å²) in [6.45, 7) is 0.303. The van der Waals surface area contributed by atoms with Gasteiger partial charge in [-0.1, -0.05) is 0 Å². The number of hydrogen-bond acceptors (Lipinski definition) is 4. The lowest BCUT2D eigenvalue weighted by Gasteiger charge is -2.07. The number of amides is 2. The number of aromatic hydroxyl groups is 1. The zero-order valence-electron chi connectivity index (χ0n) is 12.3. The predicted octanol–water partition coefficient (Wildman–Crippen LogP) is 2.08. The highest BCUT2D eigenvalue weighted by atomic mass is 19.1. The number of pyridine rings is 1. The van der Waals surface area contributed by atoms with Crippen LogP contribution >= 0.6 is 0 Å². The molecule has 0 aliphatic heterocycles. The normalized spacial score (nSPS) is 10.1. The second-order valence-corrected chi connectivity index (χ2v) is 4.79. The molecule has 3 N–H and O–H groups in total. The van der Waals surface area contributed by atoms with E-state index in [1.54, 1.807) is 6.07 Å². The largest absolute Gasteiger partial charge is 0.504 e. The van der Waals surface area contributed by atoms with E-state index < -0.39 is 5.82 Å². The fraction of sp³-hybridized carbons (Fsp3) is 0.188. The number of carbonyl (C=O) groups excluding carboxylic acids is 2. The molecule has 2 aromatic rings. The Labute approximate surface area is 132 Å². The molecule has 1 aromatic heterocycles. The van der Waals surface area contributed by atoms with Crippen LogP contribution in [0.2, 0.25) is 0 Å². The summed E-state index contributed by atoms with van der Waals surface area (Å²) in [5.41, 5.74) is 0.356. The number of nitrogens with zero attached hydrogens (tertiary/aromatic N) is 1. The van der Waals surface area contributed by atoms with Crippen LogP contribution in [0.1, 0.15) is 23.2 Å². The maximum Gasteiger partial charge on any atom is 0.251 e. The Hall–Kier alpha value is -2.96. The maximum absolute atomic E-state index is 12.8. The van der Waals surface area contributed by atoms with Crippen LogP contribution < -0.4 is 10.6 Å². The first-order chi connectivity index (χ1) is 11.1. The Kier molecular flexibility index (Phi) is 5.62. The number of benzene rings is 1. The van der Waals surface area contributed by atoms with E-state index in [2.05, 4.69) is 15.6 Å². The third-order valence-electron chi connectivity index (χ3n) is 3.02. The van der Waals surface area contributed by atoms with Gasteiger partial charge in [0.1, 0.15) is 5.82 Å². The van der Waals surface area contributed by atoms with Gasteiger partial charge in [0, 0.05) is 24.7 Å². The molecule has 120 valence electrons. The van der Waals surface area contributed by atoms with Crippen LogP contribution in [0.3, 0.4) is 0 Å². The minimum absolute atomic E-state index is 0.104. The van der Waals surface area contributed by atoms with E-state index in [1.165, 1.54) is 36.5 Å². The smallest absolute Gasteiger partial charge is 0.251 e. The van der Waals surface area contributed by atoms with E-state index in [4.69, 9.17) is 0 Å². The van der Waals surface area contributed by atoms with Gasteiger partial charge in [-0.3, -0.25) is 9.59 Å². The summed E-state index contributed by atoms with van der Waals surface area (Å²) in [7, 11) is 0. The minimum atomic E-state index is -0.406. The zero-order valence-corrected chi connectivity index (χ0v) is 12.3. The summed E-state index contributed by atoms with van der Waals surface area (Å²) in [6, 6.07) is 8.17. The second-order valence-electron chi connectivity index (χ2n) is 4.79. The molecule has 6 nitrogen and oxygen atoms in total. The van der Waals surface area contributed by atoms with Crippen molar-refractivity contribution < 1.29 is 19.1 Å². The lowest BCUT2D eigenvalue weighted by atomic mass is 10.2. The molecule has 0 spiro atoms. The van der Waals surface area contributed by atoms with E-state index in [9.17, 15) is 19.1 Å². The van der Waals surface area contributed by atoms with Crippen LogP contribution in [-0.4, -0.2) is 28.4 Å². The molecule has 23 heavy (non-hydrogen) atoms. The van der Waals surface area contributed by atoms with Gasteiger partial charge in [-0.15, -0.1) is 0 Å². The monoisotopic (exact) mass is 317 g/mol. The molecule has 2 rings (SSSR count). The molecule has 0 radical (unpaired) electrons. The summed E-state index contributed by atoms with van der Waals surface area (Å²) < 4.78 is 12.8. The van der Waals surface area contributed by atoms with Crippen LogP contribution in [0, 0.1) is 5.82 Å². The van der Waals surface area contributed by atoms with E-state index in [1.807, 2.05) is 0 Å². The molecule has 0 atom stereocenters. The van der Waals surface area contributed by atoms with Crippen LogP contribution in [0.4, 0.5) is 10.2 Å². The Balaban J connectivity index is 1.71. The molecule has 0 saturated heterocycles. The van der Waals surface area contributed by atoms with Gasteiger partial charge >= 0.3 is 0 Å². The van der Waals surface area contributed by atoms with Crippen molar-refractivity contribution in [3.05, 3.63) is 54.0 Å². The highest BCUT2D eigenvalue weighted by Crippen LogP contribution is 2.18. The van der Waals surface area contributed by atoms with Crippen molar-refractivity contribution in [3.8, 4) is 5.75 Å². The number of rotatable bonds is 6. The molecule has 1 heterocycles. The van der Waals surface area contributed by atoms with Crippen molar-refractivity contribution in [1.29, 1.82) is 0 Å². The topological polar surface area (TPSA) is 91.3 Å². The molecular formula is C16H16FN3O3. The molecule has 0 fully saturated rings. The minimum Gasteiger partial charge on any atom is -0.504 e. The Morgan fingerprint density at radius 1 is 1.17 bits per heavy atom. The third-order valence-corrected chi connectivity index (χ3v) is 3.02. The van der Waals surface area contributed by atoms with Gasteiger partial charge < -0.3 is 15.7 Å². The molecule has 0 unspecified atom stereocenters. The van der Waals surface area contributed by atoms with Gasteiger partial charge in [-0.25, -0.2) is 9.37 Å². The Bertz CT molecular complexity index is 689. The maximum atomic E-state index is 12.8. The summed E-state index contributed by atoms with van der Waals surface area (Å²) >= 11 is 0. The second kappa shape index (κ2) is 7.88. The molecule has 0 bridgehead atoms. The number of nitrogens with one attached hydrogen (secondary N) is 2. The van der Waals surface area contributed by atoms with Gasteiger partial charge in [0.25, 0.3) is 5.91 Å². The van der Waals surface area contributed by atoms with E-state index in [0.717, 1.165) is 0 Å². The summed E-state index contributed by atoms with van der Waals surface area (Å²) in [6.07, 6.45) is 2.05. The van der Waals surface area contributed by atoms with E-state index >= 15 is 0 Å². The van der Waals surface area contributed by atoms with Gasteiger partial charge in [-0.2, -0.15) is 0 Å². The van der Waals surface area contributed by atoms with E-state index in [-0.39, 0.29) is 29.8 Å². The summed E-state index contributed by atoms with van der Waals surface area (Å²) in [5, 5.41) is 14.6. The molecule has 0 saturated carbocycles. The fourth-order valence-electron chi connectivity index (χ4n) is 1.84. The lowest BCUT2D eigenvalue weighted by molar-refractivity contribution is -0.116. The number of carbonyl (C=O) groups is 2. The lowest BCUT2D eigenvalue weighted by Crippen LogP contribution is -2.25. The zero-order chi connectivity index (χ0) is 16.7. The van der Waals surface area contributed by atoms with Gasteiger partial charge in [-0.05, 0) is 42.8 Å². The van der Waals surface area contributed by atoms with Gasteiger partial charge in [0.05, 0.1) is 0 Å². The quantitative estimate of drug-likeness (QED) is 0.711. The fourth-order valence-corrected chi connectivity index (χ4v) is 1.84. The first-order valence-electron chi connectivity index (χ1n) is 7.04. The molecule has 2 amide bonds. The van der Waals surface area contributed by atoms with Crippen molar-refractivity contribution in [2.75, 3.05) is 11.9 Å². The molecule has 0 aliphatic carbocycles. The van der Waals surface area contributed by atoms with E-state index in [0.29, 0.717) is 18.5 Å². The molecule has 7 heteroatoms. The third kappa shape index (κ3) is 5.06.